The van der Waals surface area contributed by atoms with Crippen LogP contribution in [0.1, 0.15) is 17.2 Å². The van der Waals surface area contributed by atoms with Crippen LogP contribution in [-0.2, 0) is 13.1 Å². The van der Waals surface area contributed by atoms with Gasteiger partial charge in [-0.3, -0.25) is 4.90 Å². The maximum atomic E-state index is 5.79. The molecular formula is C16H17N3O2. The van der Waals surface area contributed by atoms with Crippen LogP contribution in [-0.4, -0.2) is 22.1 Å². The van der Waals surface area contributed by atoms with Crippen molar-refractivity contribution < 1.29 is 8.94 Å². The Morgan fingerprint density at radius 3 is 2.67 bits per heavy atom. The summed E-state index contributed by atoms with van der Waals surface area (Å²) in [5.41, 5.74) is 1.90. The zero-order valence-corrected chi connectivity index (χ0v) is 12.1. The average molecular weight is 283 g/mol. The van der Waals surface area contributed by atoms with E-state index < -0.39 is 0 Å². The van der Waals surface area contributed by atoms with Gasteiger partial charge in [-0.05, 0) is 26.1 Å². The molecule has 3 aromatic rings. The van der Waals surface area contributed by atoms with E-state index in [0.717, 1.165) is 22.8 Å². The van der Waals surface area contributed by atoms with Crippen LogP contribution in [0.25, 0.3) is 11.5 Å². The van der Waals surface area contributed by atoms with Crippen molar-refractivity contribution in [2.45, 2.75) is 20.0 Å². The number of benzene rings is 1. The molecule has 5 heteroatoms. The SMILES string of the molecule is Cc1cc(CN(C)Cc2cnc(-c3ccccc3)o2)no1. The fourth-order valence-electron chi connectivity index (χ4n) is 2.19. The number of aryl methyl sites for hydroxylation is 1. The third-order valence-corrected chi connectivity index (χ3v) is 3.11. The van der Waals surface area contributed by atoms with E-state index in [-0.39, 0.29) is 0 Å². The predicted molar refractivity (Wildman–Crippen MR) is 78.4 cm³/mol. The summed E-state index contributed by atoms with van der Waals surface area (Å²) in [6.45, 7) is 3.27. The number of rotatable bonds is 5. The Balaban J connectivity index is 1.64. The van der Waals surface area contributed by atoms with E-state index >= 15 is 0 Å². The van der Waals surface area contributed by atoms with Crippen LogP contribution in [0.2, 0.25) is 0 Å². The second-order valence-corrected chi connectivity index (χ2v) is 5.10. The molecule has 0 unspecified atom stereocenters. The predicted octanol–water partition coefficient (Wildman–Crippen LogP) is 3.27. The summed E-state index contributed by atoms with van der Waals surface area (Å²) in [7, 11) is 2.01. The lowest BCUT2D eigenvalue weighted by atomic mass is 10.2. The third kappa shape index (κ3) is 3.38. The molecule has 2 aromatic heterocycles. The van der Waals surface area contributed by atoms with Gasteiger partial charge >= 0.3 is 0 Å². The summed E-state index contributed by atoms with van der Waals surface area (Å²) in [6, 6.07) is 11.8. The van der Waals surface area contributed by atoms with E-state index in [9.17, 15) is 0 Å². The highest BCUT2D eigenvalue weighted by Gasteiger charge is 2.10. The standard InChI is InChI=1S/C16H17N3O2/c1-12-8-14(18-21-12)10-19(2)11-15-9-17-16(20-15)13-6-4-3-5-7-13/h3-9H,10-11H2,1-2H3. The first kappa shape index (κ1) is 13.6. The van der Waals surface area contributed by atoms with Crippen molar-refractivity contribution in [3.63, 3.8) is 0 Å². The zero-order chi connectivity index (χ0) is 14.7. The molecule has 0 saturated heterocycles. The van der Waals surface area contributed by atoms with Crippen molar-refractivity contribution in [3.05, 3.63) is 59.8 Å². The molecule has 5 nitrogen and oxygen atoms in total. The molecule has 108 valence electrons. The van der Waals surface area contributed by atoms with E-state index in [1.165, 1.54) is 0 Å². The van der Waals surface area contributed by atoms with Crippen molar-refractivity contribution in [1.82, 2.24) is 15.0 Å². The second kappa shape index (κ2) is 5.93. The van der Waals surface area contributed by atoms with Crippen LogP contribution in [0, 0.1) is 6.92 Å². The molecule has 1 aromatic carbocycles. The monoisotopic (exact) mass is 283 g/mol. The maximum absolute atomic E-state index is 5.79. The fourth-order valence-corrected chi connectivity index (χ4v) is 2.19. The largest absolute Gasteiger partial charge is 0.440 e. The summed E-state index contributed by atoms with van der Waals surface area (Å²) >= 11 is 0. The summed E-state index contributed by atoms with van der Waals surface area (Å²) in [4.78, 5) is 6.43. The van der Waals surface area contributed by atoms with Crippen LogP contribution in [0.3, 0.4) is 0 Å². The summed E-state index contributed by atoms with van der Waals surface area (Å²) in [5.74, 6) is 2.30. The van der Waals surface area contributed by atoms with Gasteiger partial charge in [0.05, 0.1) is 18.4 Å². The maximum Gasteiger partial charge on any atom is 0.226 e. The smallest absolute Gasteiger partial charge is 0.226 e. The van der Waals surface area contributed by atoms with Crippen molar-refractivity contribution in [3.8, 4) is 11.5 Å². The summed E-state index contributed by atoms with van der Waals surface area (Å²) in [5, 5.41) is 3.99. The molecule has 0 N–H and O–H groups in total. The molecule has 0 saturated carbocycles. The van der Waals surface area contributed by atoms with Crippen molar-refractivity contribution >= 4 is 0 Å². The summed E-state index contributed by atoms with van der Waals surface area (Å²) in [6.07, 6.45) is 1.77. The highest BCUT2D eigenvalue weighted by molar-refractivity contribution is 5.52. The van der Waals surface area contributed by atoms with Gasteiger partial charge in [-0.25, -0.2) is 4.98 Å². The van der Waals surface area contributed by atoms with Gasteiger partial charge in [0.25, 0.3) is 0 Å². The van der Waals surface area contributed by atoms with Crippen molar-refractivity contribution in [2.75, 3.05) is 7.05 Å². The zero-order valence-electron chi connectivity index (χ0n) is 12.1. The summed E-state index contributed by atoms with van der Waals surface area (Å²) < 4.78 is 10.9. The first-order valence-electron chi connectivity index (χ1n) is 6.81. The minimum Gasteiger partial charge on any atom is -0.440 e. The normalized spacial score (nSPS) is 11.2. The molecule has 0 fully saturated rings. The minimum absolute atomic E-state index is 0.649. The van der Waals surface area contributed by atoms with Crippen LogP contribution in [0.5, 0.6) is 0 Å². The third-order valence-electron chi connectivity index (χ3n) is 3.11. The van der Waals surface area contributed by atoms with Crippen molar-refractivity contribution in [2.24, 2.45) is 0 Å². The lowest BCUT2D eigenvalue weighted by Gasteiger charge is -2.12. The molecule has 0 radical (unpaired) electrons. The van der Waals surface area contributed by atoms with E-state index in [4.69, 9.17) is 8.94 Å². The second-order valence-electron chi connectivity index (χ2n) is 5.10. The quantitative estimate of drug-likeness (QED) is 0.719. The van der Waals surface area contributed by atoms with E-state index in [1.54, 1.807) is 6.20 Å². The van der Waals surface area contributed by atoms with Gasteiger partial charge in [0.15, 0.2) is 0 Å². The van der Waals surface area contributed by atoms with E-state index in [1.807, 2.05) is 50.4 Å². The van der Waals surface area contributed by atoms with Gasteiger partial charge in [0, 0.05) is 18.2 Å². The Labute approximate surface area is 123 Å². The Hall–Kier alpha value is -2.40. The molecular weight excluding hydrogens is 266 g/mol. The van der Waals surface area contributed by atoms with E-state index in [0.29, 0.717) is 19.0 Å². The molecule has 0 spiro atoms. The number of oxazole rings is 1. The topological polar surface area (TPSA) is 55.3 Å². The Bertz CT molecular complexity index is 703. The van der Waals surface area contributed by atoms with Gasteiger partial charge in [-0.1, -0.05) is 23.4 Å². The highest BCUT2D eigenvalue weighted by Crippen LogP contribution is 2.19. The Morgan fingerprint density at radius 2 is 1.95 bits per heavy atom. The molecule has 3 rings (SSSR count). The van der Waals surface area contributed by atoms with Gasteiger partial charge < -0.3 is 8.94 Å². The molecule has 0 amide bonds. The molecule has 0 bridgehead atoms. The van der Waals surface area contributed by atoms with Gasteiger partial charge in [-0.2, -0.15) is 0 Å². The highest BCUT2D eigenvalue weighted by atomic mass is 16.5. The number of aromatic nitrogens is 2. The minimum atomic E-state index is 0.649. The van der Waals surface area contributed by atoms with Crippen LogP contribution < -0.4 is 0 Å². The Morgan fingerprint density at radius 1 is 1.14 bits per heavy atom. The number of nitrogens with zero attached hydrogens (tertiary/aromatic N) is 3. The first-order chi connectivity index (χ1) is 10.2. The van der Waals surface area contributed by atoms with Crippen molar-refractivity contribution in [1.29, 1.82) is 0 Å². The molecule has 0 atom stereocenters. The lowest BCUT2D eigenvalue weighted by Crippen LogP contribution is -2.16. The fraction of sp³-hybridized carbons (Fsp3) is 0.250. The average Bonchev–Trinajstić information content (AvgIpc) is 3.09. The number of hydrogen-bond donors (Lipinski definition) is 0. The molecule has 0 aliphatic rings. The molecule has 0 aliphatic carbocycles. The van der Waals surface area contributed by atoms with Crippen LogP contribution >= 0.6 is 0 Å². The van der Waals surface area contributed by atoms with Gasteiger partial charge in [-0.15, -0.1) is 0 Å². The molecule has 2 heterocycles. The Kier molecular flexibility index (Phi) is 3.83. The van der Waals surface area contributed by atoms with Crippen LogP contribution in [0.15, 0.2) is 51.5 Å². The van der Waals surface area contributed by atoms with Gasteiger partial charge in [0.2, 0.25) is 5.89 Å². The first-order valence-corrected chi connectivity index (χ1v) is 6.81. The molecule has 21 heavy (non-hydrogen) atoms. The molecule has 0 aliphatic heterocycles. The van der Waals surface area contributed by atoms with E-state index in [2.05, 4.69) is 15.0 Å². The van der Waals surface area contributed by atoms with Gasteiger partial charge in [0.1, 0.15) is 11.5 Å². The lowest BCUT2D eigenvalue weighted by molar-refractivity contribution is 0.278. The van der Waals surface area contributed by atoms with Crippen LogP contribution in [0.4, 0.5) is 0 Å². The number of hydrogen-bond acceptors (Lipinski definition) is 5.